The molecule has 0 rings (SSSR count). The largest absolute Gasteiger partial charge is 0.469 e. The Morgan fingerprint density at radius 2 is 2.00 bits per heavy atom. The molecule has 0 aromatic carbocycles. The molecular formula is C11H23NO4S. The number of sulfonamides is 1. The number of hydrogen-bond donors (Lipinski definition) is 1. The Kier molecular flexibility index (Phi) is 8.16. The van der Waals surface area contributed by atoms with Crippen molar-refractivity contribution in [2.24, 2.45) is 0 Å². The zero-order valence-electron chi connectivity index (χ0n) is 10.9. The number of methoxy groups -OCH3 is 1. The van der Waals surface area contributed by atoms with Crippen molar-refractivity contribution in [2.45, 2.75) is 52.0 Å². The lowest BCUT2D eigenvalue weighted by molar-refractivity contribution is -0.140. The number of carbonyl (C=O) groups excluding carboxylic acids is 1. The number of unbranched alkanes of at least 4 members (excludes halogenated alkanes) is 1. The Bertz CT molecular complexity index is 313. The van der Waals surface area contributed by atoms with Gasteiger partial charge in [-0.25, -0.2) is 13.1 Å². The summed E-state index contributed by atoms with van der Waals surface area (Å²) in [7, 11) is -1.98. The van der Waals surface area contributed by atoms with Gasteiger partial charge in [-0.15, -0.1) is 0 Å². The molecule has 1 N–H and O–H groups in total. The van der Waals surface area contributed by atoms with E-state index in [0.717, 1.165) is 19.3 Å². The van der Waals surface area contributed by atoms with E-state index in [1.807, 2.05) is 6.92 Å². The van der Waals surface area contributed by atoms with Gasteiger partial charge in [0.15, 0.2) is 0 Å². The number of hydrogen-bond acceptors (Lipinski definition) is 4. The van der Waals surface area contributed by atoms with Crippen molar-refractivity contribution in [3.8, 4) is 0 Å². The summed E-state index contributed by atoms with van der Waals surface area (Å²) in [6.07, 6.45) is 3.33. The van der Waals surface area contributed by atoms with Crippen molar-refractivity contribution >= 4 is 16.0 Å². The van der Waals surface area contributed by atoms with Gasteiger partial charge in [0.05, 0.1) is 12.9 Å². The molecule has 1 atom stereocenters. The Morgan fingerprint density at radius 1 is 1.35 bits per heavy atom. The zero-order valence-corrected chi connectivity index (χ0v) is 11.7. The minimum atomic E-state index is -3.27. The molecule has 1 unspecified atom stereocenters. The van der Waals surface area contributed by atoms with Crippen molar-refractivity contribution < 1.29 is 17.9 Å². The van der Waals surface area contributed by atoms with E-state index in [2.05, 4.69) is 16.4 Å². The molecule has 0 amide bonds. The number of ether oxygens (including phenoxy) is 1. The SMILES string of the molecule is CCCCC(C)NS(=O)(=O)CCCC(=O)OC. The summed E-state index contributed by atoms with van der Waals surface area (Å²) in [5.74, 6) is -0.405. The van der Waals surface area contributed by atoms with E-state index >= 15 is 0 Å². The highest BCUT2D eigenvalue weighted by Crippen LogP contribution is 2.03. The van der Waals surface area contributed by atoms with Gasteiger partial charge in [-0.2, -0.15) is 0 Å². The molecule has 0 aromatic heterocycles. The van der Waals surface area contributed by atoms with Crippen molar-refractivity contribution in [3.05, 3.63) is 0 Å². The van der Waals surface area contributed by atoms with Gasteiger partial charge in [0.25, 0.3) is 0 Å². The number of esters is 1. The van der Waals surface area contributed by atoms with E-state index in [1.165, 1.54) is 7.11 Å². The quantitative estimate of drug-likeness (QED) is 0.640. The van der Waals surface area contributed by atoms with Crippen LogP contribution in [0.25, 0.3) is 0 Å². The first-order valence-electron chi connectivity index (χ1n) is 5.98. The van der Waals surface area contributed by atoms with Crippen LogP contribution in [0.2, 0.25) is 0 Å². The third-order valence-electron chi connectivity index (χ3n) is 2.39. The monoisotopic (exact) mass is 265 g/mol. The Labute approximate surface area is 104 Å². The summed E-state index contributed by atoms with van der Waals surface area (Å²) in [6.45, 7) is 3.92. The van der Waals surface area contributed by atoms with Gasteiger partial charge in [0.1, 0.15) is 0 Å². The van der Waals surface area contributed by atoms with Crippen LogP contribution in [0.15, 0.2) is 0 Å². The lowest BCUT2D eigenvalue weighted by Gasteiger charge is -2.13. The van der Waals surface area contributed by atoms with Crippen LogP contribution in [0.5, 0.6) is 0 Å². The minimum Gasteiger partial charge on any atom is -0.469 e. The van der Waals surface area contributed by atoms with Gasteiger partial charge in [-0.05, 0) is 19.8 Å². The second-order valence-electron chi connectivity index (χ2n) is 4.16. The molecule has 0 heterocycles. The Hall–Kier alpha value is -0.620. The third-order valence-corrected chi connectivity index (χ3v) is 3.98. The first kappa shape index (κ1) is 16.4. The lowest BCUT2D eigenvalue weighted by Crippen LogP contribution is -2.34. The van der Waals surface area contributed by atoms with E-state index in [4.69, 9.17) is 0 Å². The first-order chi connectivity index (χ1) is 7.91. The highest BCUT2D eigenvalue weighted by atomic mass is 32.2. The average molecular weight is 265 g/mol. The van der Waals surface area contributed by atoms with Gasteiger partial charge in [0, 0.05) is 12.5 Å². The van der Waals surface area contributed by atoms with Crippen molar-refractivity contribution in [2.75, 3.05) is 12.9 Å². The maximum Gasteiger partial charge on any atom is 0.305 e. The maximum atomic E-state index is 11.6. The van der Waals surface area contributed by atoms with Crippen LogP contribution in [-0.4, -0.2) is 33.3 Å². The molecule has 102 valence electrons. The minimum absolute atomic E-state index is 0.0292. The molecule has 6 heteroatoms. The molecule has 0 aromatic rings. The van der Waals surface area contributed by atoms with Gasteiger partial charge >= 0.3 is 5.97 Å². The molecule has 0 aliphatic heterocycles. The maximum absolute atomic E-state index is 11.6. The predicted octanol–water partition coefficient (Wildman–Crippen LogP) is 1.44. The zero-order chi connectivity index (χ0) is 13.3. The second kappa shape index (κ2) is 8.47. The van der Waals surface area contributed by atoms with Gasteiger partial charge in [0.2, 0.25) is 10.0 Å². The van der Waals surface area contributed by atoms with Gasteiger partial charge in [-0.1, -0.05) is 19.8 Å². The Morgan fingerprint density at radius 3 is 2.53 bits per heavy atom. The summed E-state index contributed by atoms with van der Waals surface area (Å²) in [6, 6.07) is -0.0434. The molecule has 0 radical (unpaired) electrons. The molecule has 0 fully saturated rings. The van der Waals surface area contributed by atoms with Crippen molar-refractivity contribution in [3.63, 3.8) is 0 Å². The number of carbonyl (C=O) groups is 1. The van der Waals surface area contributed by atoms with Crippen LogP contribution in [0.4, 0.5) is 0 Å². The molecule has 0 bridgehead atoms. The molecular weight excluding hydrogens is 242 g/mol. The fourth-order valence-electron chi connectivity index (χ4n) is 1.44. The molecule has 0 aliphatic carbocycles. The van der Waals surface area contributed by atoms with E-state index < -0.39 is 10.0 Å². The average Bonchev–Trinajstić information content (AvgIpc) is 2.25. The van der Waals surface area contributed by atoms with E-state index in [-0.39, 0.29) is 24.2 Å². The summed E-state index contributed by atoms with van der Waals surface area (Å²) in [5.41, 5.74) is 0. The van der Waals surface area contributed by atoms with E-state index in [1.54, 1.807) is 0 Å². The molecule has 5 nitrogen and oxygen atoms in total. The van der Waals surface area contributed by atoms with Crippen molar-refractivity contribution in [1.29, 1.82) is 0 Å². The van der Waals surface area contributed by atoms with Crippen LogP contribution >= 0.6 is 0 Å². The highest BCUT2D eigenvalue weighted by molar-refractivity contribution is 7.89. The summed E-state index contributed by atoms with van der Waals surface area (Å²) >= 11 is 0. The summed E-state index contributed by atoms with van der Waals surface area (Å²) < 4.78 is 30.3. The van der Waals surface area contributed by atoms with E-state index in [9.17, 15) is 13.2 Å². The molecule has 0 spiro atoms. The predicted molar refractivity (Wildman–Crippen MR) is 67.2 cm³/mol. The van der Waals surface area contributed by atoms with Gasteiger partial charge in [-0.3, -0.25) is 4.79 Å². The smallest absolute Gasteiger partial charge is 0.305 e. The standard InChI is InChI=1S/C11H23NO4S/c1-4-5-7-10(2)12-17(14,15)9-6-8-11(13)16-3/h10,12H,4-9H2,1-3H3. The second-order valence-corrected chi connectivity index (χ2v) is 6.03. The van der Waals surface area contributed by atoms with Crippen LogP contribution in [0.1, 0.15) is 46.0 Å². The molecule has 0 saturated carbocycles. The van der Waals surface area contributed by atoms with Crippen LogP contribution in [0, 0.1) is 0 Å². The third kappa shape index (κ3) is 9.12. The summed E-state index contributed by atoms with van der Waals surface area (Å²) in [5, 5.41) is 0. The fourth-order valence-corrected chi connectivity index (χ4v) is 2.82. The van der Waals surface area contributed by atoms with Gasteiger partial charge < -0.3 is 4.74 Å². The first-order valence-corrected chi connectivity index (χ1v) is 7.63. The fraction of sp³-hybridized carbons (Fsp3) is 0.909. The number of nitrogens with one attached hydrogen (secondary N) is 1. The Balaban J connectivity index is 3.91. The van der Waals surface area contributed by atoms with Crippen LogP contribution in [0.3, 0.4) is 0 Å². The van der Waals surface area contributed by atoms with E-state index in [0.29, 0.717) is 6.42 Å². The summed E-state index contributed by atoms with van der Waals surface area (Å²) in [4.78, 5) is 10.8. The molecule has 0 aliphatic rings. The van der Waals surface area contributed by atoms with Crippen LogP contribution in [-0.2, 0) is 19.6 Å². The lowest BCUT2D eigenvalue weighted by atomic mass is 10.2. The highest BCUT2D eigenvalue weighted by Gasteiger charge is 2.14. The van der Waals surface area contributed by atoms with Crippen molar-refractivity contribution in [1.82, 2.24) is 4.72 Å². The molecule has 0 saturated heterocycles. The molecule has 17 heavy (non-hydrogen) atoms. The number of rotatable bonds is 9. The topological polar surface area (TPSA) is 72.5 Å². The van der Waals surface area contributed by atoms with Crippen LogP contribution < -0.4 is 4.72 Å². The normalized spacial score (nSPS) is 13.4.